The molecular formula is C24H26N4O2S. The van der Waals surface area contributed by atoms with E-state index in [1.54, 1.807) is 10.3 Å². The van der Waals surface area contributed by atoms with Crippen LogP contribution in [-0.2, 0) is 11.2 Å². The van der Waals surface area contributed by atoms with Gasteiger partial charge in [0.15, 0.2) is 5.69 Å². The fourth-order valence-corrected chi connectivity index (χ4v) is 4.49. The molecule has 160 valence electrons. The van der Waals surface area contributed by atoms with Crippen LogP contribution in [0.15, 0.2) is 60.0 Å². The Kier molecular flexibility index (Phi) is 6.72. The molecule has 6 nitrogen and oxygen atoms in total. The van der Waals surface area contributed by atoms with Crippen LogP contribution in [-0.4, -0.2) is 27.4 Å². The van der Waals surface area contributed by atoms with E-state index >= 15 is 0 Å². The number of rotatable bonds is 7. The third kappa shape index (κ3) is 4.82. The number of anilines is 1. The number of nitrogens with zero attached hydrogens (tertiary/aromatic N) is 3. The standard InChI is InChI=1S/C24H26N4O2S/c1-2-17-12-14-18(15-13-17)22(23(29)25-19-8-6-7-9-19)28(20-10-4-3-5-11-20)24(30)21-16-31-27-26-21/h3-5,10-16,19,22H,2,6-9H2,1H3,(H,25,29)/t22-/m1/s1. The van der Waals surface area contributed by atoms with Crippen molar-refractivity contribution in [1.82, 2.24) is 14.9 Å². The summed E-state index contributed by atoms with van der Waals surface area (Å²) in [6, 6.07) is 16.6. The largest absolute Gasteiger partial charge is 0.351 e. The van der Waals surface area contributed by atoms with Gasteiger partial charge in [-0.1, -0.05) is 66.7 Å². The van der Waals surface area contributed by atoms with Gasteiger partial charge in [0.2, 0.25) is 5.91 Å². The van der Waals surface area contributed by atoms with Gasteiger partial charge in [-0.3, -0.25) is 14.5 Å². The molecule has 1 aromatic heterocycles. The normalized spacial score (nSPS) is 14.9. The van der Waals surface area contributed by atoms with Gasteiger partial charge in [0.25, 0.3) is 5.91 Å². The Labute approximate surface area is 186 Å². The van der Waals surface area contributed by atoms with Crippen LogP contribution >= 0.6 is 11.5 Å². The molecule has 0 saturated heterocycles. The van der Waals surface area contributed by atoms with Crippen molar-refractivity contribution < 1.29 is 9.59 Å². The van der Waals surface area contributed by atoms with Crippen LogP contribution in [0.1, 0.15) is 60.3 Å². The van der Waals surface area contributed by atoms with Gasteiger partial charge in [-0.2, -0.15) is 0 Å². The molecule has 4 rings (SSSR count). The van der Waals surface area contributed by atoms with E-state index in [1.165, 1.54) is 5.56 Å². The molecule has 2 aromatic carbocycles. The molecule has 0 radical (unpaired) electrons. The van der Waals surface area contributed by atoms with Crippen LogP contribution in [0.3, 0.4) is 0 Å². The van der Waals surface area contributed by atoms with Crippen molar-refractivity contribution in [1.29, 1.82) is 0 Å². The molecule has 1 N–H and O–H groups in total. The van der Waals surface area contributed by atoms with Crippen LogP contribution in [0, 0.1) is 0 Å². The molecule has 1 heterocycles. The summed E-state index contributed by atoms with van der Waals surface area (Å²) in [5.41, 5.74) is 2.83. The average Bonchev–Trinajstić information content (AvgIpc) is 3.52. The third-order valence-corrected chi connectivity index (χ3v) is 6.25. The summed E-state index contributed by atoms with van der Waals surface area (Å²) in [7, 11) is 0. The molecule has 1 atom stereocenters. The second-order valence-electron chi connectivity index (χ2n) is 7.79. The van der Waals surface area contributed by atoms with Gasteiger partial charge in [0.1, 0.15) is 6.04 Å². The fraction of sp³-hybridized carbons (Fsp3) is 0.333. The average molecular weight is 435 g/mol. The number of amides is 2. The molecular weight excluding hydrogens is 408 g/mol. The molecule has 0 bridgehead atoms. The minimum atomic E-state index is -0.803. The van der Waals surface area contributed by atoms with E-state index in [1.807, 2.05) is 54.6 Å². The van der Waals surface area contributed by atoms with Crippen LogP contribution in [0.2, 0.25) is 0 Å². The molecule has 2 amide bonds. The summed E-state index contributed by atoms with van der Waals surface area (Å²) in [5, 5.41) is 8.78. The molecule has 31 heavy (non-hydrogen) atoms. The van der Waals surface area contributed by atoms with E-state index in [0.717, 1.165) is 49.2 Å². The van der Waals surface area contributed by atoms with Crippen LogP contribution < -0.4 is 10.2 Å². The van der Waals surface area contributed by atoms with Crippen LogP contribution in [0.25, 0.3) is 0 Å². The summed E-state index contributed by atoms with van der Waals surface area (Å²) in [6.07, 6.45) is 5.09. The highest BCUT2D eigenvalue weighted by Crippen LogP contribution is 2.31. The minimum Gasteiger partial charge on any atom is -0.351 e. The van der Waals surface area contributed by atoms with Crippen molar-refractivity contribution >= 4 is 29.0 Å². The van der Waals surface area contributed by atoms with E-state index < -0.39 is 6.04 Å². The molecule has 1 fully saturated rings. The van der Waals surface area contributed by atoms with E-state index in [4.69, 9.17) is 0 Å². The summed E-state index contributed by atoms with van der Waals surface area (Å²) in [5.74, 6) is -0.511. The maximum absolute atomic E-state index is 13.6. The Morgan fingerprint density at radius 1 is 1.10 bits per heavy atom. The Hall–Kier alpha value is -3.06. The molecule has 0 aliphatic heterocycles. The molecule has 1 aliphatic carbocycles. The smallest absolute Gasteiger partial charge is 0.280 e. The first-order valence-electron chi connectivity index (χ1n) is 10.7. The maximum Gasteiger partial charge on any atom is 0.280 e. The van der Waals surface area contributed by atoms with Crippen molar-refractivity contribution in [3.8, 4) is 0 Å². The first kappa shape index (κ1) is 21.2. The SMILES string of the molecule is CCc1ccc([C@H](C(=O)NC2CCCC2)N(C(=O)c2csnn2)c2ccccc2)cc1. The molecule has 0 unspecified atom stereocenters. The van der Waals surface area contributed by atoms with Gasteiger partial charge >= 0.3 is 0 Å². The lowest BCUT2D eigenvalue weighted by Crippen LogP contribution is -2.46. The topological polar surface area (TPSA) is 75.2 Å². The molecule has 1 saturated carbocycles. The molecule has 0 spiro atoms. The van der Waals surface area contributed by atoms with Gasteiger partial charge in [0.05, 0.1) is 0 Å². The van der Waals surface area contributed by atoms with Crippen LogP contribution in [0.5, 0.6) is 0 Å². The quantitative estimate of drug-likeness (QED) is 0.592. The lowest BCUT2D eigenvalue weighted by Gasteiger charge is -2.32. The summed E-state index contributed by atoms with van der Waals surface area (Å²) in [6.45, 7) is 2.09. The highest BCUT2D eigenvalue weighted by atomic mass is 32.1. The van der Waals surface area contributed by atoms with E-state index in [0.29, 0.717) is 5.69 Å². The number of carbonyl (C=O) groups excluding carboxylic acids is 2. The van der Waals surface area contributed by atoms with Gasteiger partial charge in [-0.25, -0.2) is 0 Å². The lowest BCUT2D eigenvalue weighted by atomic mass is 10.00. The Bertz CT molecular complexity index is 1000. The zero-order valence-corrected chi connectivity index (χ0v) is 18.3. The highest BCUT2D eigenvalue weighted by molar-refractivity contribution is 7.03. The Balaban J connectivity index is 1.78. The van der Waals surface area contributed by atoms with Crippen LogP contribution in [0.4, 0.5) is 5.69 Å². The predicted octanol–water partition coefficient (Wildman–Crippen LogP) is 4.55. The van der Waals surface area contributed by atoms with E-state index in [-0.39, 0.29) is 23.6 Å². The monoisotopic (exact) mass is 434 g/mol. The predicted molar refractivity (Wildman–Crippen MR) is 122 cm³/mol. The summed E-state index contributed by atoms with van der Waals surface area (Å²) < 4.78 is 3.85. The number of hydrogen-bond donors (Lipinski definition) is 1. The zero-order chi connectivity index (χ0) is 21.6. The number of aromatic nitrogens is 2. The maximum atomic E-state index is 13.6. The first-order chi connectivity index (χ1) is 15.2. The number of para-hydroxylation sites is 1. The highest BCUT2D eigenvalue weighted by Gasteiger charge is 2.35. The summed E-state index contributed by atoms with van der Waals surface area (Å²) in [4.78, 5) is 28.7. The van der Waals surface area contributed by atoms with Gasteiger partial charge < -0.3 is 5.32 Å². The molecule has 3 aromatic rings. The summed E-state index contributed by atoms with van der Waals surface area (Å²) >= 11 is 1.12. The van der Waals surface area contributed by atoms with Crippen molar-refractivity contribution in [3.05, 3.63) is 76.8 Å². The van der Waals surface area contributed by atoms with Gasteiger partial charge in [-0.05, 0) is 54.1 Å². The first-order valence-corrected chi connectivity index (χ1v) is 11.6. The number of aryl methyl sites for hydroxylation is 1. The van der Waals surface area contributed by atoms with E-state index in [2.05, 4.69) is 21.8 Å². The number of hydrogen-bond acceptors (Lipinski definition) is 5. The molecule has 1 aliphatic rings. The second kappa shape index (κ2) is 9.83. The zero-order valence-electron chi connectivity index (χ0n) is 17.5. The van der Waals surface area contributed by atoms with Gasteiger partial charge in [0, 0.05) is 17.1 Å². The number of carbonyl (C=O) groups is 2. The number of nitrogens with one attached hydrogen (secondary N) is 1. The Morgan fingerprint density at radius 3 is 2.42 bits per heavy atom. The fourth-order valence-electron chi connectivity index (χ4n) is 4.06. The van der Waals surface area contributed by atoms with Gasteiger partial charge in [-0.15, -0.1) is 5.10 Å². The molecule has 7 heteroatoms. The lowest BCUT2D eigenvalue weighted by molar-refractivity contribution is -0.123. The Morgan fingerprint density at radius 2 is 1.81 bits per heavy atom. The van der Waals surface area contributed by atoms with Crippen molar-refractivity contribution in [2.24, 2.45) is 0 Å². The minimum absolute atomic E-state index is 0.151. The van der Waals surface area contributed by atoms with E-state index in [9.17, 15) is 9.59 Å². The van der Waals surface area contributed by atoms with Crippen molar-refractivity contribution in [2.45, 2.75) is 51.1 Å². The second-order valence-corrected chi connectivity index (χ2v) is 8.40. The number of benzene rings is 2. The van der Waals surface area contributed by atoms with Crippen molar-refractivity contribution in [3.63, 3.8) is 0 Å². The van der Waals surface area contributed by atoms with Crippen molar-refractivity contribution in [2.75, 3.05) is 4.90 Å². The third-order valence-electron chi connectivity index (χ3n) is 5.74.